The van der Waals surface area contributed by atoms with Gasteiger partial charge in [0.1, 0.15) is 5.82 Å². The molecule has 35 heavy (non-hydrogen) atoms. The van der Waals surface area contributed by atoms with Crippen LogP contribution in [0.3, 0.4) is 0 Å². The summed E-state index contributed by atoms with van der Waals surface area (Å²) in [6.07, 6.45) is 3.32. The second kappa shape index (κ2) is 10.8. The van der Waals surface area contributed by atoms with Crippen LogP contribution in [0.2, 0.25) is 0 Å². The number of fused-ring (bicyclic) bond motifs is 1. The van der Waals surface area contributed by atoms with Crippen molar-refractivity contribution in [1.82, 2.24) is 4.90 Å². The summed E-state index contributed by atoms with van der Waals surface area (Å²) in [7, 11) is 0. The Morgan fingerprint density at radius 1 is 1.03 bits per heavy atom. The fourth-order valence-electron chi connectivity index (χ4n) is 5.16. The first-order chi connectivity index (χ1) is 16.7. The van der Waals surface area contributed by atoms with E-state index in [0.717, 1.165) is 36.1 Å². The van der Waals surface area contributed by atoms with Crippen LogP contribution in [0.1, 0.15) is 67.2 Å². The Kier molecular flexibility index (Phi) is 7.77. The van der Waals surface area contributed by atoms with Gasteiger partial charge in [0.15, 0.2) is 0 Å². The molecule has 0 radical (unpaired) electrons. The Labute approximate surface area is 202 Å². The lowest BCUT2D eigenvalue weighted by Gasteiger charge is -2.31. The van der Waals surface area contributed by atoms with Gasteiger partial charge in [-0.1, -0.05) is 43.9 Å². The number of benzene rings is 2. The average Bonchev–Trinajstić information content (AvgIpc) is 3.06. The maximum atomic E-state index is 13.8. The smallest absolute Gasteiger partial charge is 0.338 e. The van der Waals surface area contributed by atoms with E-state index in [0.29, 0.717) is 43.6 Å². The third kappa shape index (κ3) is 6.41. The Bertz CT molecular complexity index is 1080. The average molecular weight is 491 g/mol. The van der Waals surface area contributed by atoms with Gasteiger partial charge in [0.2, 0.25) is 11.8 Å². The van der Waals surface area contributed by atoms with Crippen LogP contribution in [0.4, 0.5) is 23.2 Å². The van der Waals surface area contributed by atoms with Crippen molar-refractivity contribution in [3.05, 3.63) is 64.5 Å². The maximum Gasteiger partial charge on any atom is 0.419 e. The number of carbonyl (C=O) groups excluding carboxylic acids is 2. The molecule has 2 amide bonds. The van der Waals surface area contributed by atoms with Gasteiger partial charge in [-0.3, -0.25) is 9.59 Å². The second-order valence-corrected chi connectivity index (χ2v) is 9.61. The van der Waals surface area contributed by atoms with Crippen LogP contribution in [0.5, 0.6) is 0 Å². The normalized spacial score (nSPS) is 17.0. The van der Waals surface area contributed by atoms with E-state index in [1.807, 2.05) is 17.0 Å². The minimum Gasteiger partial charge on any atom is -0.338 e. The molecule has 8 heteroatoms. The number of hydrogen-bond donors (Lipinski definition) is 1. The van der Waals surface area contributed by atoms with Crippen LogP contribution in [0.15, 0.2) is 36.4 Å². The molecule has 0 aromatic heterocycles. The first kappa shape index (κ1) is 25.2. The van der Waals surface area contributed by atoms with Crippen molar-refractivity contribution in [2.75, 3.05) is 11.9 Å². The fraction of sp³-hybridized carbons (Fsp3) is 0.481. The topological polar surface area (TPSA) is 49.4 Å². The molecule has 0 unspecified atom stereocenters. The molecule has 1 saturated carbocycles. The van der Waals surface area contributed by atoms with Crippen molar-refractivity contribution >= 4 is 17.5 Å². The van der Waals surface area contributed by atoms with Crippen LogP contribution >= 0.6 is 0 Å². The molecule has 2 aliphatic rings. The molecule has 0 bridgehead atoms. The number of amides is 2. The van der Waals surface area contributed by atoms with E-state index < -0.39 is 23.5 Å². The highest BCUT2D eigenvalue weighted by Crippen LogP contribution is 2.32. The van der Waals surface area contributed by atoms with Gasteiger partial charge in [-0.2, -0.15) is 13.2 Å². The highest BCUT2D eigenvalue weighted by Gasteiger charge is 2.34. The predicted molar refractivity (Wildman–Crippen MR) is 125 cm³/mol. The molecular formula is C27H30F4N2O2. The summed E-state index contributed by atoms with van der Waals surface area (Å²) in [5, 5.41) is 2.81. The Hall–Kier alpha value is -2.90. The molecule has 2 aromatic rings. The molecule has 1 aliphatic carbocycles. The van der Waals surface area contributed by atoms with Gasteiger partial charge in [-0.05, 0) is 60.1 Å². The largest absolute Gasteiger partial charge is 0.419 e. The summed E-state index contributed by atoms with van der Waals surface area (Å²) in [4.78, 5) is 27.4. The van der Waals surface area contributed by atoms with Gasteiger partial charge in [-0.25, -0.2) is 4.39 Å². The molecule has 0 atom stereocenters. The SMILES string of the molecule is O=C(Cc1ccc(C(F)(F)F)c(F)c1)Nc1cccc2c1CCN(C(=O)CC1CCCCCC1)C2. The number of alkyl halides is 3. The molecule has 0 saturated heterocycles. The van der Waals surface area contributed by atoms with Crippen molar-refractivity contribution < 1.29 is 27.2 Å². The molecule has 188 valence electrons. The van der Waals surface area contributed by atoms with E-state index in [2.05, 4.69) is 5.32 Å². The quantitative estimate of drug-likeness (QED) is 0.397. The van der Waals surface area contributed by atoms with E-state index in [4.69, 9.17) is 0 Å². The van der Waals surface area contributed by atoms with Crippen molar-refractivity contribution in [2.45, 2.75) is 70.5 Å². The third-order valence-electron chi connectivity index (χ3n) is 7.03. The molecular weight excluding hydrogens is 460 g/mol. The minimum absolute atomic E-state index is 0.160. The highest BCUT2D eigenvalue weighted by molar-refractivity contribution is 5.93. The lowest BCUT2D eigenvalue weighted by molar-refractivity contribution is -0.140. The number of nitrogens with one attached hydrogen (secondary N) is 1. The third-order valence-corrected chi connectivity index (χ3v) is 7.03. The number of carbonyl (C=O) groups is 2. The molecule has 1 heterocycles. The van der Waals surface area contributed by atoms with Crippen LogP contribution < -0.4 is 5.32 Å². The van der Waals surface area contributed by atoms with Crippen LogP contribution in [-0.2, 0) is 35.2 Å². The fourth-order valence-corrected chi connectivity index (χ4v) is 5.16. The molecule has 4 nitrogen and oxygen atoms in total. The van der Waals surface area contributed by atoms with Gasteiger partial charge in [0.25, 0.3) is 0 Å². The van der Waals surface area contributed by atoms with Crippen molar-refractivity contribution in [2.24, 2.45) is 5.92 Å². The predicted octanol–water partition coefficient (Wildman–Crippen LogP) is 6.27. The monoisotopic (exact) mass is 490 g/mol. The summed E-state index contributed by atoms with van der Waals surface area (Å²) < 4.78 is 52.1. The van der Waals surface area contributed by atoms with Gasteiger partial charge in [0.05, 0.1) is 12.0 Å². The first-order valence-electron chi connectivity index (χ1n) is 12.2. The zero-order chi connectivity index (χ0) is 25.0. The van der Waals surface area contributed by atoms with Crippen molar-refractivity contribution in [1.29, 1.82) is 0 Å². The summed E-state index contributed by atoms with van der Waals surface area (Å²) in [5.41, 5.74) is 1.36. The first-order valence-corrected chi connectivity index (χ1v) is 12.2. The van der Waals surface area contributed by atoms with Crippen molar-refractivity contribution in [3.8, 4) is 0 Å². The Morgan fingerprint density at radius 3 is 2.46 bits per heavy atom. The Morgan fingerprint density at radius 2 is 1.77 bits per heavy atom. The summed E-state index contributed by atoms with van der Waals surface area (Å²) in [6, 6.07) is 8.05. The molecule has 4 rings (SSSR count). The summed E-state index contributed by atoms with van der Waals surface area (Å²) in [6.45, 7) is 1.07. The van der Waals surface area contributed by atoms with E-state index in [-0.39, 0.29) is 17.9 Å². The number of halogens is 4. The lowest BCUT2D eigenvalue weighted by atomic mass is 9.94. The second-order valence-electron chi connectivity index (χ2n) is 9.61. The van der Waals surface area contributed by atoms with E-state index >= 15 is 0 Å². The zero-order valence-corrected chi connectivity index (χ0v) is 19.6. The lowest BCUT2D eigenvalue weighted by Crippen LogP contribution is -2.37. The van der Waals surface area contributed by atoms with Gasteiger partial charge in [-0.15, -0.1) is 0 Å². The van der Waals surface area contributed by atoms with Gasteiger partial charge >= 0.3 is 6.18 Å². The number of rotatable bonds is 5. The van der Waals surface area contributed by atoms with Crippen LogP contribution in [0.25, 0.3) is 0 Å². The highest BCUT2D eigenvalue weighted by atomic mass is 19.4. The van der Waals surface area contributed by atoms with E-state index in [9.17, 15) is 27.2 Å². The number of anilines is 1. The maximum absolute atomic E-state index is 13.8. The van der Waals surface area contributed by atoms with E-state index in [1.54, 1.807) is 6.07 Å². The summed E-state index contributed by atoms with van der Waals surface area (Å²) in [5.74, 6) is -1.19. The van der Waals surface area contributed by atoms with E-state index in [1.165, 1.54) is 25.7 Å². The standard InChI is InChI=1S/C27H30F4N2O2/c28-23-14-19(10-11-22(23)27(29,30)31)15-25(34)32-24-9-5-8-20-17-33(13-12-21(20)24)26(35)16-18-6-3-1-2-4-7-18/h5,8-11,14,18H,1-4,6-7,12-13,15-17H2,(H,32,34). The molecule has 1 N–H and O–H groups in total. The van der Waals surface area contributed by atoms with Crippen LogP contribution in [0, 0.1) is 11.7 Å². The molecule has 1 aliphatic heterocycles. The number of nitrogens with zero attached hydrogens (tertiary/aromatic N) is 1. The summed E-state index contributed by atoms with van der Waals surface area (Å²) >= 11 is 0. The number of hydrogen-bond acceptors (Lipinski definition) is 2. The van der Waals surface area contributed by atoms with Gasteiger partial charge in [0, 0.05) is 25.2 Å². The molecule has 0 spiro atoms. The van der Waals surface area contributed by atoms with Crippen LogP contribution in [-0.4, -0.2) is 23.3 Å². The minimum atomic E-state index is -4.78. The Balaban J connectivity index is 1.37. The van der Waals surface area contributed by atoms with Gasteiger partial charge < -0.3 is 10.2 Å². The zero-order valence-electron chi connectivity index (χ0n) is 19.6. The molecule has 1 fully saturated rings. The van der Waals surface area contributed by atoms with Crippen molar-refractivity contribution in [3.63, 3.8) is 0 Å². The molecule has 2 aromatic carbocycles.